The summed E-state index contributed by atoms with van der Waals surface area (Å²) in [5.41, 5.74) is 0. The van der Waals surface area contributed by atoms with Crippen molar-refractivity contribution in [1.82, 2.24) is 4.90 Å². The van der Waals surface area contributed by atoms with Crippen LogP contribution in [0.25, 0.3) is 0 Å². The minimum absolute atomic E-state index is 0.898. The standard InChI is InChI=1S/C11H21N/c1-4-12-9-5-6-11(12)10(7-9)8(2)3/h8-11H,4-7H2,1-3H3. The van der Waals surface area contributed by atoms with E-state index in [1.807, 2.05) is 0 Å². The van der Waals surface area contributed by atoms with E-state index < -0.39 is 0 Å². The quantitative estimate of drug-likeness (QED) is 0.611. The first-order chi connectivity index (χ1) is 5.74. The Labute approximate surface area is 76.1 Å². The van der Waals surface area contributed by atoms with E-state index >= 15 is 0 Å². The summed E-state index contributed by atoms with van der Waals surface area (Å²) in [4.78, 5) is 2.74. The highest BCUT2D eigenvalue weighted by molar-refractivity contribution is 5.00. The maximum atomic E-state index is 2.74. The smallest absolute Gasteiger partial charge is 0.0130 e. The van der Waals surface area contributed by atoms with Crippen molar-refractivity contribution in [3.8, 4) is 0 Å². The van der Waals surface area contributed by atoms with Gasteiger partial charge in [-0.15, -0.1) is 0 Å². The van der Waals surface area contributed by atoms with Crippen LogP contribution in [0.15, 0.2) is 0 Å². The normalized spacial score (nSPS) is 41.5. The Hall–Kier alpha value is -0.0400. The van der Waals surface area contributed by atoms with E-state index in [0.717, 1.165) is 23.9 Å². The Bertz CT molecular complexity index is 164. The second kappa shape index (κ2) is 3.02. The second-order valence-electron chi connectivity index (χ2n) is 4.77. The molecular formula is C11H21N. The molecule has 2 aliphatic rings. The molecule has 0 aromatic heterocycles. The molecule has 2 fully saturated rings. The van der Waals surface area contributed by atoms with Crippen molar-refractivity contribution in [2.75, 3.05) is 6.54 Å². The van der Waals surface area contributed by atoms with Crippen molar-refractivity contribution in [1.29, 1.82) is 0 Å². The van der Waals surface area contributed by atoms with Gasteiger partial charge in [0, 0.05) is 12.1 Å². The molecule has 0 aliphatic carbocycles. The molecule has 0 spiro atoms. The van der Waals surface area contributed by atoms with E-state index in [1.165, 1.54) is 25.8 Å². The fourth-order valence-corrected chi connectivity index (χ4v) is 3.36. The van der Waals surface area contributed by atoms with Gasteiger partial charge in [-0.2, -0.15) is 0 Å². The van der Waals surface area contributed by atoms with Gasteiger partial charge < -0.3 is 0 Å². The van der Waals surface area contributed by atoms with Crippen LogP contribution < -0.4 is 0 Å². The van der Waals surface area contributed by atoms with E-state index in [2.05, 4.69) is 25.7 Å². The molecule has 0 aromatic rings. The van der Waals surface area contributed by atoms with Crippen LogP contribution in [-0.4, -0.2) is 23.5 Å². The minimum Gasteiger partial charge on any atom is -0.297 e. The van der Waals surface area contributed by atoms with Crippen LogP contribution in [0.1, 0.15) is 40.0 Å². The lowest BCUT2D eigenvalue weighted by Gasteiger charge is -2.25. The van der Waals surface area contributed by atoms with Gasteiger partial charge in [0.1, 0.15) is 0 Å². The molecule has 12 heavy (non-hydrogen) atoms. The van der Waals surface area contributed by atoms with E-state index in [9.17, 15) is 0 Å². The van der Waals surface area contributed by atoms with Gasteiger partial charge in [-0.3, -0.25) is 4.90 Å². The summed E-state index contributed by atoms with van der Waals surface area (Å²) in [6.07, 6.45) is 4.43. The van der Waals surface area contributed by atoms with E-state index in [1.54, 1.807) is 0 Å². The van der Waals surface area contributed by atoms with Gasteiger partial charge in [0.25, 0.3) is 0 Å². The zero-order valence-electron chi connectivity index (χ0n) is 8.59. The average molecular weight is 167 g/mol. The van der Waals surface area contributed by atoms with Gasteiger partial charge in [-0.25, -0.2) is 0 Å². The maximum Gasteiger partial charge on any atom is 0.0130 e. The molecule has 0 saturated carbocycles. The number of hydrogen-bond acceptors (Lipinski definition) is 1. The molecule has 1 heteroatoms. The van der Waals surface area contributed by atoms with Crippen LogP contribution in [-0.2, 0) is 0 Å². The van der Waals surface area contributed by atoms with Crippen LogP contribution in [0.5, 0.6) is 0 Å². The zero-order valence-corrected chi connectivity index (χ0v) is 8.59. The number of nitrogens with zero attached hydrogens (tertiary/aromatic N) is 1. The Morgan fingerprint density at radius 3 is 2.50 bits per heavy atom. The Kier molecular flexibility index (Phi) is 2.16. The monoisotopic (exact) mass is 167 g/mol. The lowest BCUT2D eigenvalue weighted by atomic mass is 9.82. The van der Waals surface area contributed by atoms with Crippen molar-refractivity contribution < 1.29 is 0 Å². The average Bonchev–Trinajstić information content (AvgIpc) is 2.59. The molecule has 2 aliphatic heterocycles. The maximum absolute atomic E-state index is 2.74. The van der Waals surface area contributed by atoms with Crippen LogP contribution in [0.3, 0.4) is 0 Å². The molecule has 70 valence electrons. The van der Waals surface area contributed by atoms with Gasteiger partial charge in [-0.1, -0.05) is 20.8 Å². The zero-order chi connectivity index (χ0) is 8.72. The summed E-state index contributed by atoms with van der Waals surface area (Å²) in [7, 11) is 0. The van der Waals surface area contributed by atoms with Crippen LogP contribution in [0.2, 0.25) is 0 Å². The highest BCUT2D eigenvalue weighted by atomic mass is 15.2. The minimum atomic E-state index is 0.898. The van der Waals surface area contributed by atoms with Crippen molar-refractivity contribution in [2.24, 2.45) is 11.8 Å². The fourth-order valence-electron chi connectivity index (χ4n) is 3.36. The fraction of sp³-hybridized carbons (Fsp3) is 1.00. The first-order valence-electron chi connectivity index (χ1n) is 5.49. The molecule has 2 bridgehead atoms. The summed E-state index contributed by atoms with van der Waals surface area (Å²) in [6.45, 7) is 8.37. The highest BCUT2D eigenvalue weighted by Crippen LogP contribution is 2.44. The summed E-state index contributed by atoms with van der Waals surface area (Å²) in [6, 6.07) is 1.90. The van der Waals surface area contributed by atoms with Crippen LogP contribution in [0.4, 0.5) is 0 Å². The molecule has 0 aromatic carbocycles. The summed E-state index contributed by atoms with van der Waals surface area (Å²) < 4.78 is 0. The van der Waals surface area contributed by atoms with Gasteiger partial charge in [0.05, 0.1) is 0 Å². The summed E-state index contributed by atoms with van der Waals surface area (Å²) >= 11 is 0. The van der Waals surface area contributed by atoms with Crippen LogP contribution in [0, 0.1) is 11.8 Å². The molecule has 3 atom stereocenters. The third-order valence-corrected chi connectivity index (χ3v) is 3.95. The molecule has 0 radical (unpaired) electrons. The van der Waals surface area contributed by atoms with E-state index in [4.69, 9.17) is 0 Å². The predicted octanol–water partition coefficient (Wildman–Crippen LogP) is 2.52. The lowest BCUT2D eigenvalue weighted by molar-refractivity contribution is 0.226. The molecule has 3 unspecified atom stereocenters. The number of hydrogen-bond donors (Lipinski definition) is 0. The van der Waals surface area contributed by atoms with E-state index in [-0.39, 0.29) is 0 Å². The van der Waals surface area contributed by atoms with Gasteiger partial charge >= 0.3 is 0 Å². The molecule has 2 heterocycles. The molecule has 0 amide bonds. The van der Waals surface area contributed by atoms with Crippen molar-refractivity contribution >= 4 is 0 Å². The van der Waals surface area contributed by atoms with Crippen molar-refractivity contribution in [2.45, 2.75) is 52.1 Å². The van der Waals surface area contributed by atoms with Crippen LogP contribution >= 0.6 is 0 Å². The van der Waals surface area contributed by atoms with Gasteiger partial charge in [0.2, 0.25) is 0 Å². The lowest BCUT2D eigenvalue weighted by Crippen LogP contribution is -2.31. The van der Waals surface area contributed by atoms with Crippen molar-refractivity contribution in [3.63, 3.8) is 0 Å². The number of fused-ring (bicyclic) bond motifs is 2. The molecule has 1 nitrogen and oxygen atoms in total. The second-order valence-corrected chi connectivity index (χ2v) is 4.77. The summed E-state index contributed by atoms with van der Waals surface area (Å²) in [5.74, 6) is 1.90. The molecule has 0 N–H and O–H groups in total. The first kappa shape index (κ1) is 8.55. The topological polar surface area (TPSA) is 3.24 Å². The summed E-state index contributed by atoms with van der Waals surface area (Å²) in [5, 5.41) is 0. The number of rotatable bonds is 2. The largest absolute Gasteiger partial charge is 0.297 e. The van der Waals surface area contributed by atoms with Gasteiger partial charge in [0.15, 0.2) is 0 Å². The van der Waals surface area contributed by atoms with Gasteiger partial charge in [-0.05, 0) is 37.6 Å². The van der Waals surface area contributed by atoms with Crippen molar-refractivity contribution in [3.05, 3.63) is 0 Å². The SMILES string of the molecule is CCN1C2CCC1C(C(C)C)C2. The Balaban J connectivity index is 2.07. The molecule has 2 saturated heterocycles. The molecule has 2 rings (SSSR count). The third-order valence-electron chi connectivity index (χ3n) is 3.95. The Morgan fingerprint density at radius 1 is 1.33 bits per heavy atom. The van der Waals surface area contributed by atoms with E-state index in [0.29, 0.717) is 0 Å². The highest BCUT2D eigenvalue weighted by Gasteiger charge is 2.45. The first-order valence-corrected chi connectivity index (χ1v) is 5.49. The Morgan fingerprint density at radius 2 is 2.08 bits per heavy atom. The molecular weight excluding hydrogens is 146 g/mol. The predicted molar refractivity (Wildman–Crippen MR) is 52.1 cm³/mol. The third kappa shape index (κ3) is 1.10.